The second kappa shape index (κ2) is 7.85. The van der Waals surface area contributed by atoms with Gasteiger partial charge in [-0.05, 0) is 32.1 Å². The highest BCUT2D eigenvalue weighted by atomic mass is 32.2. The summed E-state index contributed by atoms with van der Waals surface area (Å²) in [6, 6.07) is 0.175. The molecule has 6 heteroatoms. The van der Waals surface area contributed by atoms with Crippen LogP contribution in [0.1, 0.15) is 58.3 Å². The number of hydrogen-bond donors (Lipinski definition) is 1. The number of hydrogen-bond acceptors (Lipinski definition) is 4. The van der Waals surface area contributed by atoms with Crippen LogP contribution in [0.2, 0.25) is 0 Å². The normalized spacial score (nSPS) is 22.0. The molecule has 0 aromatic carbocycles. The van der Waals surface area contributed by atoms with Crippen molar-refractivity contribution in [3.05, 3.63) is 0 Å². The molecular formula is C13H25NO4S. The molecular weight excluding hydrogens is 266 g/mol. The van der Waals surface area contributed by atoms with E-state index in [9.17, 15) is 13.2 Å². The van der Waals surface area contributed by atoms with Crippen molar-refractivity contribution >= 4 is 16.0 Å². The monoisotopic (exact) mass is 291 g/mol. The Labute approximate surface area is 116 Å². The largest absolute Gasteiger partial charge is 0.353 e. The second-order valence-corrected chi connectivity index (χ2v) is 6.90. The van der Waals surface area contributed by atoms with Gasteiger partial charge in [-0.3, -0.25) is 8.98 Å². The Balaban J connectivity index is 2.40. The van der Waals surface area contributed by atoms with Gasteiger partial charge in [0.05, 0.1) is 12.4 Å². The Hall–Kier alpha value is -0.620. The Morgan fingerprint density at radius 1 is 1.42 bits per heavy atom. The number of piperidine rings is 1. The summed E-state index contributed by atoms with van der Waals surface area (Å²) < 4.78 is 27.5. The van der Waals surface area contributed by atoms with E-state index in [1.807, 2.05) is 0 Å². The fourth-order valence-electron chi connectivity index (χ4n) is 2.40. The van der Waals surface area contributed by atoms with Crippen LogP contribution in [-0.2, 0) is 19.1 Å². The smallest absolute Gasteiger partial charge is 0.264 e. The second-order valence-electron chi connectivity index (χ2n) is 5.30. The maximum atomic E-state index is 11.3. The van der Waals surface area contributed by atoms with Crippen LogP contribution in [0.3, 0.4) is 0 Å². The first-order chi connectivity index (χ1) is 8.90. The van der Waals surface area contributed by atoms with Crippen LogP contribution in [0.25, 0.3) is 0 Å². The average Bonchev–Trinajstić information content (AvgIpc) is 2.31. The molecule has 1 aliphatic rings. The van der Waals surface area contributed by atoms with Crippen LogP contribution >= 0.6 is 0 Å². The fraction of sp³-hybridized carbons (Fsp3) is 0.923. The number of carbonyl (C=O) groups excluding carboxylic acids is 1. The molecule has 0 aliphatic carbocycles. The number of nitrogens with one attached hydrogen (secondary N) is 1. The molecule has 0 bridgehead atoms. The first kappa shape index (κ1) is 16.4. The Kier molecular flexibility index (Phi) is 6.79. The molecule has 5 nitrogen and oxygen atoms in total. The summed E-state index contributed by atoms with van der Waals surface area (Å²) in [4.78, 5) is 11.3. The minimum absolute atomic E-state index is 0.102. The Morgan fingerprint density at radius 3 is 2.74 bits per heavy atom. The molecule has 1 amide bonds. The molecule has 1 aliphatic heterocycles. The van der Waals surface area contributed by atoms with Crippen molar-refractivity contribution in [1.29, 1.82) is 0 Å². The van der Waals surface area contributed by atoms with Crippen LogP contribution in [-0.4, -0.2) is 32.7 Å². The zero-order chi connectivity index (χ0) is 14.3. The number of rotatable bonds is 8. The number of carbonyl (C=O) groups is 1. The van der Waals surface area contributed by atoms with Crippen molar-refractivity contribution in [2.75, 3.05) is 6.26 Å². The Morgan fingerprint density at radius 2 is 2.16 bits per heavy atom. The van der Waals surface area contributed by atoms with Gasteiger partial charge >= 0.3 is 0 Å². The van der Waals surface area contributed by atoms with Gasteiger partial charge in [0.25, 0.3) is 10.1 Å². The molecule has 1 saturated heterocycles. The molecule has 1 heterocycles. The highest BCUT2D eigenvalue weighted by Gasteiger charge is 2.21. The van der Waals surface area contributed by atoms with Gasteiger partial charge in [-0.2, -0.15) is 8.42 Å². The SMILES string of the molecule is CCCC[C@H](CC[C@H]1CCCC(=O)N1)OS(C)(=O)=O. The first-order valence-corrected chi connectivity index (χ1v) is 8.90. The molecule has 0 saturated carbocycles. The summed E-state index contributed by atoms with van der Waals surface area (Å²) in [5.74, 6) is 0.102. The lowest BCUT2D eigenvalue weighted by molar-refractivity contribution is -0.123. The van der Waals surface area contributed by atoms with Gasteiger partial charge in [0.15, 0.2) is 0 Å². The van der Waals surface area contributed by atoms with E-state index in [0.717, 1.165) is 44.8 Å². The van der Waals surface area contributed by atoms with Crippen molar-refractivity contribution in [1.82, 2.24) is 5.32 Å². The van der Waals surface area contributed by atoms with E-state index in [2.05, 4.69) is 12.2 Å². The van der Waals surface area contributed by atoms with Crippen molar-refractivity contribution in [3.8, 4) is 0 Å². The minimum atomic E-state index is -3.40. The molecule has 1 rings (SSSR count). The standard InChI is InChI=1S/C13H25NO4S/c1-3-4-7-12(18-19(2,16)17)10-9-11-6-5-8-13(15)14-11/h11-12H,3-10H2,1-2H3,(H,14,15)/t11-,12-/m1/s1. The van der Waals surface area contributed by atoms with Crippen LogP contribution in [0, 0.1) is 0 Å². The maximum Gasteiger partial charge on any atom is 0.264 e. The van der Waals surface area contributed by atoms with Crippen LogP contribution in [0.15, 0.2) is 0 Å². The number of amides is 1. The predicted molar refractivity (Wildman–Crippen MR) is 74.3 cm³/mol. The van der Waals surface area contributed by atoms with E-state index in [-0.39, 0.29) is 18.1 Å². The summed E-state index contributed by atoms with van der Waals surface area (Å²) in [5.41, 5.74) is 0. The highest BCUT2D eigenvalue weighted by molar-refractivity contribution is 7.86. The van der Waals surface area contributed by atoms with E-state index >= 15 is 0 Å². The van der Waals surface area contributed by atoms with E-state index in [1.165, 1.54) is 0 Å². The third kappa shape index (κ3) is 7.52. The number of unbranched alkanes of at least 4 members (excludes halogenated alkanes) is 1. The van der Waals surface area contributed by atoms with Crippen LogP contribution in [0.4, 0.5) is 0 Å². The van der Waals surface area contributed by atoms with E-state index in [4.69, 9.17) is 4.18 Å². The third-order valence-corrected chi connectivity index (χ3v) is 3.97. The molecule has 1 N–H and O–H groups in total. The molecule has 19 heavy (non-hydrogen) atoms. The zero-order valence-electron chi connectivity index (χ0n) is 11.9. The van der Waals surface area contributed by atoms with Crippen molar-refractivity contribution in [3.63, 3.8) is 0 Å². The van der Waals surface area contributed by atoms with E-state index in [0.29, 0.717) is 12.8 Å². The average molecular weight is 291 g/mol. The maximum absolute atomic E-state index is 11.3. The molecule has 112 valence electrons. The summed E-state index contributed by atoms with van der Waals surface area (Å²) in [7, 11) is -3.40. The first-order valence-electron chi connectivity index (χ1n) is 7.08. The van der Waals surface area contributed by atoms with Gasteiger partial charge in [0, 0.05) is 12.5 Å². The molecule has 0 unspecified atom stereocenters. The van der Waals surface area contributed by atoms with Crippen LogP contribution < -0.4 is 5.32 Å². The fourth-order valence-corrected chi connectivity index (χ4v) is 3.09. The molecule has 0 spiro atoms. The summed E-state index contributed by atoms with van der Waals surface area (Å²) in [6.45, 7) is 2.07. The topological polar surface area (TPSA) is 72.5 Å². The van der Waals surface area contributed by atoms with Gasteiger partial charge < -0.3 is 5.32 Å². The predicted octanol–water partition coefficient (Wildman–Crippen LogP) is 1.97. The van der Waals surface area contributed by atoms with Gasteiger partial charge in [-0.25, -0.2) is 0 Å². The summed E-state index contributed by atoms with van der Waals surface area (Å²) in [6.07, 6.45) is 7.53. The molecule has 0 aromatic heterocycles. The lowest BCUT2D eigenvalue weighted by atomic mass is 9.97. The molecule has 2 atom stereocenters. The highest BCUT2D eigenvalue weighted by Crippen LogP contribution is 2.18. The lowest BCUT2D eigenvalue weighted by Gasteiger charge is -2.25. The van der Waals surface area contributed by atoms with Gasteiger partial charge in [0.1, 0.15) is 0 Å². The minimum Gasteiger partial charge on any atom is -0.353 e. The van der Waals surface area contributed by atoms with E-state index < -0.39 is 10.1 Å². The summed E-state index contributed by atoms with van der Waals surface area (Å²) >= 11 is 0. The molecule has 0 aromatic rings. The third-order valence-electron chi connectivity index (χ3n) is 3.35. The van der Waals surface area contributed by atoms with Gasteiger partial charge in [-0.15, -0.1) is 0 Å². The van der Waals surface area contributed by atoms with Gasteiger partial charge in [0.2, 0.25) is 5.91 Å². The zero-order valence-corrected chi connectivity index (χ0v) is 12.7. The van der Waals surface area contributed by atoms with Crippen molar-refractivity contribution in [2.24, 2.45) is 0 Å². The van der Waals surface area contributed by atoms with Crippen molar-refractivity contribution < 1.29 is 17.4 Å². The summed E-state index contributed by atoms with van der Waals surface area (Å²) in [5, 5.41) is 2.95. The molecule has 0 radical (unpaired) electrons. The van der Waals surface area contributed by atoms with Crippen LogP contribution in [0.5, 0.6) is 0 Å². The van der Waals surface area contributed by atoms with Crippen molar-refractivity contribution in [2.45, 2.75) is 70.4 Å². The van der Waals surface area contributed by atoms with E-state index in [1.54, 1.807) is 0 Å². The van der Waals surface area contributed by atoms with Gasteiger partial charge in [-0.1, -0.05) is 19.8 Å². The lowest BCUT2D eigenvalue weighted by Crippen LogP contribution is -2.39. The molecule has 1 fully saturated rings. The Bertz CT molecular complexity index is 380. The quantitative estimate of drug-likeness (QED) is 0.694.